The summed E-state index contributed by atoms with van der Waals surface area (Å²) < 4.78 is 22.4. The van der Waals surface area contributed by atoms with Crippen molar-refractivity contribution in [3.63, 3.8) is 0 Å². The molecule has 3 heterocycles. The van der Waals surface area contributed by atoms with Crippen molar-refractivity contribution >= 4 is 42.2 Å². The van der Waals surface area contributed by atoms with Crippen molar-refractivity contribution in [2.75, 3.05) is 14.1 Å². The Bertz CT molecular complexity index is 1250. The first-order valence-corrected chi connectivity index (χ1v) is 14.8. The summed E-state index contributed by atoms with van der Waals surface area (Å²) in [7, 11) is 0.287. The minimum absolute atomic E-state index is 0.598. The van der Waals surface area contributed by atoms with E-state index in [9.17, 15) is 0 Å². The zero-order valence-corrected chi connectivity index (χ0v) is 20.1. The molecule has 0 unspecified atom stereocenters. The number of amidine groups is 2. The van der Waals surface area contributed by atoms with Crippen LogP contribution in [0.4, 0.5) is 0 Å². The summed E-state index contributed by atoms with van der Waals surface area (Å²) in [6, 6.07) is 29.0. The number of benzene rings is 3. The number of hydrogen-bond acceptors (Lipinski definition) is 5. The first kappa shape index (κ1) is 19.8. The predicted octanol–water partition coefficient (Wildman–Crippen LogP) is 5.10. The van der Waals surface area contributed by atoms with Crippen LogP contribution < -0.4 is 5.30 Å². The van der Waals surface area contributed by atoms with Gasteiger partial charge in [-0.05, 0) is 0 Å². The average Bonchev–Trinajstić information content (AvgIpc) is 3.19. The van der Waals surface area contributed by atoms with Gasteiger partial charge in [0.2, 0.25) is 0 Å². The summed E-state index contributed by atoms with van der Waals surface area (Å²) in [6.45, 7) is -3.87. The molecule has 3 aliphatic heterocycles. The Morgan fingerprint density at radius 1 is 0.688 bits per heavy atom. The monoisotopic (exact) mass is 482 g/mol. The number of hydrogen-bond donors (Lipinski definition) is 0. The van der Waals surface area contributed by atoms with Crippen LogP contribution in [0, 0.1) is 0 Å². The van der Waals surface area contributed by atoms with E-state index >= 15 is 4.57 Å². The Hall–Kier alpha value is -2.85. The summed E-state index contributed by atoms with van der Waals surface area (Å²) in [5.74, 6) is 1.20. The van der Waals surface area contributed by atoms with E-state index in [1.165, 1.54) is 0 Å². The molecule has 0 N–H and O–H groups in total. The normalized spacial score (nSPS) is 25.8. The Kier molecular flexibility index (Phi) is 3.93. The van der Waals surface area contributed by atoms with Crippen LogP contribution in [-0.2, 0) is 4.57 Å². The van der Waals surface area contributed by atoms with Gasteiger partial charge in [0.15, 0.2) is 0 Å². The molecule has 1 fully saturated rings. The van der Waals surface area contributed by atoms with E-state index in [-0.39, 0.29) is 0 Å². The second kappa shape index (κ2) is 6.35. The van der Waals surface area contributed by atoms with Crippen LogP contribution in [0.15, 0.2) is 101 Å². The molecular formula is C22H21ClN6OP2. The number of hydrazone groups is 2. The van der Waals surface area contributed by atoms with E-state index < -0.39 is 14.0 Å². The molecule has 0 bridgehead atoms. The minimum atomic E-state index is -3.87. The molecule has 3 aromatic carbocycles. The fraction of sp³-hybridized carbons (Fsp3) is 0.0909. The summed E-state index contributed by atoms with van der Waals surface area (Å²) in [6.07, 6.45) is 0. The fourth-order valence-electron chi connectivity index (χ4n) is 4.68. The van der Waals surface area contributed by atoms with E-state index in [0.29, 0.717) is 17.0 Å². The van der Waals surface area contributed by atoms with E-state index in [1.54, 1.807) is 9.56 Å². The van der Waals surface area contributed by atoms with Gasteiger partial charge in [-0.3, -0.25) is 0 Å². The van der Waals surface area contributed by atoms with E-state index in [1.807, 2.05) is 114 Å². The molecule has 1 spiro atoms. The summed E-state index contributed by atoms with van der Waals surface area (Å²) in [5.41, 5.74) is 1.72. The van der Waals surface area contributed by atoms with Gasteiger partial charge in [0.05, 0.1) is 0 Å². The van der Waals surface area contributed by atoms with Crippen molar-refractivity contribution < 1.29 is 4.57 Å². The number of halogens is 1. The third-order valence-electron chi connectivity index (χ3n) is 6.17. The topological polar surface area (TPSA) is 54.8 Å². The molecule has 0 amide bonds. The van der Waals surface area contributed by atoms with Crippen molar-refractivity contribution in [1.29, 1.82) is 0 Å². The molecule has 32 heavy (non-hydrogen) atoms. The van der Waals surface area contributed by atoms with Gasteiger partial charge in [0, 0.05) is 0 Å². The van der Waals surface area contributed by atoms with Gasteiger partial charge in [-0.2, -0.15) is 0 Å². The van der Waals surface area contributed by atoms with E-state index in [0.717, 1.165) is 11.1 Å². The maximum atomic E-state index is 15.1. The molecule has 10 heteroatoms. The van der Waals surface area contributed by atoms with Crippen molar-refractivity contribution in [2.24, 2.45) is 10.2 Å². The maximum absolute atomic E-state index is 15.1. The molecule has 0 atom stereocenters. The zero-order chi connectivity index (χ0) is 22.2. The zero-order valence-electron chi connectivity index (χ0n) is 17.5. The Morgan fingerprint density at radius 2 is 1.06 bits per heavy atom. The molecule has 0 saturated carbocycles. The van der Waals surface area contributed by atoms with E-state index in [2.05, 4.69) is 0 Å². The first-order valence-electron chi connectivity index (χ1n) is 10.2. The SMILES string of the molecule is CN1N=C(c2ccccc2)N2P(=O)(c3ccccc3)N3C(c4ccccc4)=NN(C)P123Cl. The molecule has 3 aromatic rings. The molecule has 3 aliphatic rings. The van der Waals surface area contributed by atoms with Crippen LogP contribution in [0.3, 0.4) is 0 Å². The molecule has 1 saturated heterocycles. The van der Waals surface area contributed by atoms with Gasteiger partial charge < -0.3 is 0 Å². The van der Waals surface area contributed by atoms with Gasteiger partial charge in [0.25, 0.3) is 0 Å². The Balaban J connectivity index is 1.63. The number of nitrogens with zero attached hydrogens (tertiary/aromatic N) is 6. The van der Waals surface area contributed by atoms with Crippen LogP contribution in [-0.4, -0.2) is 44.2 Å². The summed E-state index contributed by atoms with van der Waals surface area (Å²) in [5, 5.41) is 10.4. The van der Waals surface area contributed by atoms with Gasteiger partial charge in [-0.25, -0.2) is 0 Å². The number of rotatable bonds is 3. The van der Waals surface area contributed by atoms with Gasteiger partial charge >= 0.3 is 192 Å². The van der Waals surface area contributed by atoms with Gasteiger partial charge in [0.1, 0.15) is 0 Å². The molecule has 7 nitrogen and oxygen atoms in total. The predicted molar refractivity (Wildman–Crippen MR) is 132 cm³/mol. The van der Waals surface area contributed by atoms with Crippen molar-refractivity contribution in [3.8, 4) is 0 Å². The molecular weight excluding hydrogens is 462 g/mol. The average molecular weight is 483 g/mol. The second-order valence-corrected chi connectivity index (χ2v) is 16.3. The molecule has 0 aromatic heterocycles. The van der Waals surface area contributed by atoms with Crippen molar-refractivity contribution in [3.05, 3.63) is 102 Å². The molecule has 0 radical (unpaired) electrons. The van der Waals surface area contributed by atoms with Gasteiger partial charge in [-0.1, -0.05) is 0 Å². The molecule has 162 valence electrons. The van der Waals surface area contributed by atoms with Crippen LogP contribution in [0.25, 0.3) is 0 Å². The van der Waals surface area contributed by atoms with Crippen molar-refractivity contribution in [2.45, 2.75) is 0 Å². The molecule has 0 aliphatic carbocycles. The van der Waals surface area contributed by atoms with Crippen LogP contribution >= 0.6 is 25.2 Å². The van der Waals surface area contributed by atoms with Crippen LogP contribution in [0.1, 0.15) is 11.1 Å². The summed E-state index contributed by atoms with van der Waals surface area (Å²) >= 11 is 7.72. The standard InChI is InChI=1S/C22H21ClN6OP2/c1-26-24-21(18-12-6-3-7-13-18)28-31(30,20-16-10-5-11-17-20)29-22(19-14-8-4-9-15-19)25-27(2)32(26,28,29)23/h3-17H,1-2H3. The quantitative estimate of drug-likeness (QED) is 0.486. The van der Waals surface area contributed by atoms with Crippen LogP contribution in [0.5, 0.6) is 0 Å². The Morgan fingerprint density at radius 3 is 1.47 bits per heavy atom. The second-order valence-electron chi connectivity index (χ2n) is 7.86. The van der Waals surface area contributed by atoms with Crippen LogP contribution in [0.2, 0.25) is 0 Å². The third kappa shape index (κ3) is 2.05. The summed E-state index contributed by atoms with van der Waals surface area (Å²) in [4.78, 5) is 0. The Labute approximate surface area is 191 Å². The van der Waals surface area contributed by atoms with Gasteiger partial charge in [-0.15, -0.1) is 0 Å². The van der Waals surface area contributed by atoms with Crippen molar-refractivity contribution in [1.82, 2.24) is 18.4 Å². The molecule has 6 rings (SSSR count). The van der Waals surface area contributed by atoms with E-state index in [4.69, 9.17) is 21.4 Å². The fourth-order valence-corrected chi connectivity index (χ4v) is 17.7. The first-order chi connectivity index (χ1) is 15.4. The third-order valence-corrected chi connectivity index (χ3v) is 18.7.